The van der Waals surface area contributed by atoms with Crippen molar-refractivity contribution >= 4 is 11.6 Å². The van der Waals surface area contributed by atoms with E-state index < -0.39 is 0 Å². The summed E-state index contributed by atoms with van der Waals surface area (Å²) in [4.78, 5) is 0. The van der Waals surface area contributed by atoms with Crippen LogP contribution in [0.1, 0.15) is 38.3 Å². The van der Waals surface area contributed by atoms with Crippen LogP contribution in [0.3, 0.4) is 0 Å². The minimum atomic E-state index is -0.0751. The molecule has 0 aromatic heterocycles. The van der Waals surface area contributed by atoms with Crippen LogP contribution in [-0.4, -0.2) is 11.0 Å². The molecule has 0 radical (unpaired) electrons. The van der Waals surface area contributed by atoms with E-state index in [1.54, 1.807) is 6.07 Å². The molecule has 0 unspecified atom stereocenters. The zero-order chi connectivity index (χ0) is 12.2. The fourth-order valence-corrected chi connectivity index (χ4v) is 1.52. The van der Waals surface area contributed by atoms with Gasteiger partial charge in [0.25, 0.3) is 0 Å². The maximum absolute atomic E-state index is 9.77. The van der Waals surface area contributed by atoms with Crippen LogP contribution in [0.2, 0.25) is 0 Å². The van der Waals surface area contributed by atoms with Gasteiger partial charge in [-0.25, -0.2) is 0 Å². The maximum atomic E-state index is 9.77. The third kappa shape index (κ3) is 3.47. The highest BCUT2D eigenvalue weighted by atomic mass is 35.5. The first-order valence-electron chi connectivity index (χ1n) is 5.33. The van der Waals surface area contributed by atoms with Crippen molar-refractivity contribution in [2.75, 3.05) is 5.88 Å². The number of phenolic OH excluding ortho intramolecular Hbond substituents is 1. The molecule has 0 amide bonds. The van der Waals surface area contributed by atoms with E-state index in [2.05, 4.69) is 32.6 Å². The molecule has 0 atom stereocenters. The van der Waals surface area contributed by atoms with Crippen molar-refractivity contribution in [2.45, 2.75) is 32.6 Å². The molecule has 16 heavy (non-hydrogen) atoms. The summed E-state index contributed by atoms with van der Waals surface area (Å²) in [6, 6.07) is 5.47. The summed E-state index contributed by atoms with van der Waals surface area (Å²) in [6.07, 6.45) is 0.688. The van der Waals surface area contributed by atoms with E-state index in [1.807, 2.05) is 12.1 Å². The fraction of sp³-hybridized carbons (Fsp3) is 0.429. The SMILES string of the molecule is CC(C)(C)c1cc(C#CCCCl)ccc1O. The monoisotopic (exact) mass is 236 g/mol. The van der Waals surface area contributed by atoms with E-state index in [1.165, 1.54) is 0 Å². The van der Waals surface area contributed by atoms with E-state index in [9.17, 15) is 5.11 Å². The molecule has 0 fully saturated rings. The van der Waals surface area contributed by atoms with E-state index >= 15 is 0 Å². The molecule has 0 heterocycles. The molecule has 0 aliphatic carbocycles. The summed E-state index contributed by atoms with van der Waals surface area (Å²) in [6.45, 7) is 6.20. The third-order valence-corrected chi connectivity index (χ3v) is 2.45. The minimum Gasteiger partial charge on any atom is -0.508 e. The largest absolute Gasteiger partial charge is 0.508 e. The molecule has 0 aliphatic rings. The molecule has 1 rings (SSSR count). The highest BCUT2D eigenvalue weighted by Crippen LogP contribution is 2.30. The van der Waals surface area contributed by atoms with Crippen LogP contribution in [0.25, 0.3) is 0 Å². The van der Waals surface area contributed by atoms with Crippen LogP contribution in [-0.2, 0) is 5.41 Å². The number of aromatic hydroxyl groups is 1. The Morgan fingerprint density at radius 1 is 1.31 bits per heavy atom. The predicted octanol–water partition coefficient (Wildman–Crippen LogP) is 3.67. The summed E-state index contributed by atoms with van der Waals surface area (Å²) in [7, 11) is 0. The van der Waals surface area contributed by atoms with Crippen LogP contribution < -0.4 is 0 Å². The zero-order valence-corrected chi connectivity index (χ0v) is 10.7. The smallest absolute Gasteiger partial charge is 0.119 e. The summed E-state index contributed by atoms with van der Waals surface area (Å²) in [5.74, 6) is 6.91. The Balaban J connectivity index is 3.05. The van der Waals surface area contributed by atoms with Crippen molar-refractivity contribution < 1.29 is 5.11 Å². The lowest BCUT2D eigenvalue weighted by atomic mass is 9.85. The lowest BCUT2D eigenvalue weighted by Gasteiger charge is -2.20. The molecular weight excluding hydrogens is 220 g/mol. The van der Waals surface area contributed by atoms with Crippen LogP contribution in [0.15, 0.2) is 18.2 Å². The van der Waals surface area contributed by atoms with Gasteiger partial charge in [0.15, 0.2) is 0 Å². The van der Waals surface area contributed by atoms with Gasteiger partial charge in [0.05, 0.1) is 0 Å². The first-order valence-corrected chi connectivity index (χ1v) is 5.87. The molecule has 1 nitrogen and oxygen atoms in total. The second-order valence-electron chi connectivity index (χ2n) is 4.72. The van der Waals surface area contributed by atoms with E-state index in [0.717, 1.165) is 11.1 Å². The molecule has 0 bridgehead atoms. The summed E-state index contributed by atoms with van der Waals surface area (Å²) >= 11 is 5.55. The van der Waals surface area contributed by atoms with Crippen LogP contribution >= 0.6 is 11.6 Å². The van der Waals surface area contributed by atoms with Crippen LogP contribution in [0.4, 0.5) is 0 Å². The Morgan fingerprint density at radius 2 is 2.00 bits per heavy atom. The number of phenols is 1. The molecule has 1 aromatic carbocycles. The average molecular weight is 237 g/mol. The van der Waals surface area contributed by atoms with Gasteiger partial charge in [-0.15, -0.1) is 11.6 Å². The predicted molar refractivity (Wildman–Crippen MR) is 69.0 cm³/mol. The molecular formula is C14H17ClO. The lowest BCUT2D eigenvalue weighted by Crippen LogP contribution is -2.11. The van der Waals surface area contributed by atoms with Gasteiger partial charge in [-0.3, -0.25) is 0 Å². The number of alkyl halides is 1. The number of hydrogen-bond donors (Lipinski definition) is 1. The van der Waals surface area contributed by atoms with E-state index in [0.29, 0.717) is 18.1 Å². The van der Waals surface area contributed by atoms with Crippen molar-refractivity contribution in [3.8, 4) is 17.6 Å². The Morgan fingerprint density at radius 3 is 2.56 bits per heavy atom. The van der Waals surface area contributed by atoms with Gasteiger partial charge in [0.1, 0.15) is 5.75 Å². The number of halogens is 1. The third-order valence-electron chi connectivity index (χ3n) is 2.26. The van der Waals surface area contributed by atoms with Gasteiger partial charge in [-0.05, 0) is 23.6 Å². The van der Waals surface area contributed by atoms with Crippen LogP contribution in [0.5, 0.6) is 5.75 Å². The number of hydrogen-bond acceptors (Lipinski definition) is 1. The molecule has 1 aromatic rings. The molecule has 0 saturated heterocycles. The Kier molecular flexibility index (Phi) is 4.26. The normalized spacial score (nSPS) is 10.8. The Bertz CT molecular complexity index is 419. The standard InChI is InChI=1S/C14H17ClO/c1-14(2,3)12-10-11(6-4-5-9-15)7-8-13(12)16/h7-8,10,16H,5,9H2,1-3H3. The lowest BCUT2D eigenvalue weighted by molar-refractivity contribution is 0.446. The van der Waals surface area contributed by atoms with Crippen molar-refractivity contribution in [1.82, 2.24) is 0 Å². The van der Waals surface area contributed by atoms with Crippen molar-refractivity contribution in [1.29, 1.82) is 0 Å². The molecule has 1 N–H and O–H groups in total. The quantitative estimate of drug-likeness (QED) is 0.583. The van der Waals surface area contributed by atoms with E-state index in [-0.39, 0.29) is 5.41 Å². The molecule has 86 valence electrons. The van der Waals surface area contributed by atoms with Crippen molar-refractivity contribution in [3.05, 3.63) is 29.3 Å². The minimum absolute atomic E-state index is 0.0751. The summed E-state index contributed by atoms with van der Waals surface area (Å²) in [5.41, 5.74) is 1.77. The van der Waals surface area contributed by atoms with Crippen LogP contribution in [0, 0.1) is 11.8 Å². The topological polar surface area (TPSA) is 20.2 Å². The molecule has 2 heteroatoms. The van der Waals surface area contributed by atoms with Gasteiger partial charge >= 0.3 is 0 Å². The molecule has 0 aliphatic heterocycles. The fourth-order valence-electron chi connectivity index (χ4n) is 1.43. The second-order valence-corrected chi connectivity index (χ2v) is 5.10. The highest BCUT2D eigenvalue weighted by Gasteiger charge is 2.17. The number of benzene rings is 1. The van der Waals surface area contributed by atoms with Crippen molar-refractivity contribution in [2.24, 2.45) is 0 Å². The average Bonchev–Trinajstić information content (AvgIpc) is 2.19. The number of rotatable bonds is 1. The highest BCUT2D eigenvalue weighted by molar-refractivity contribution is 6.18. The molecule has 0 saturated carbocycles. The first-order chi connectivity index (χ1) is 7.45. The van der Waals surface area contributed by atoms with Gasteiger partial charge < -0.3 is 5.11 Å². The second kappa shape index (κ2) is 5.27. The summed E-state index contributed by atoms with van der Waals surface area (Å²) in [5, 5.41) is 9.77. The Labute approximate surface area is 102 Å². The maximum Gasteiger partial charge on any atom is 0.119 e. The first kappa shape index (κ1) is 12.9. The van der Waals surface area contributed by atoms with Crippen molar-refractivity contribution in [3.63, 3.8) is 0 Å². The van der Waals surface area contributed by atoms with Gasteiger partial charge in [0.2, 0.25) is 0 Å². The zero-order valence-electron chi connectivity index (χ0n) is 9.97. The summed E-state index contributed by atoms with van der Waals surface area (Å²) < 4.78 is 0. The Hall–Kier alpha value is -1.13. The van der Waals surface area contributed by atoms with Gasteiger partial charge in [-0.1, -0.05) is 32.6 Å². The molecule has 0 spiro atoms. The van der Waals surface area contributed by atoms with E-state index in [4.69, 9.17) is 11.6 Å². The van der Waals surface area contributed by atoms with Gasteiger partial charge in [-0.2, -0.15) is 0 Å². The van der Waals surface area contributed by atoms with Gasteiger partial charge in [0, 0.05) is 23.4 Å².